The number of amides is 1. The Morgan fingerprint density at radius 3 is 3.12 bits per heavy atom. The molecule has 5 nitrogen and oxygen atoms in total. The van der Waals surface area contributed by atoms with Crippen molar-refractivity contribution in [3.8, 4) is 0 Å². The van der Waals surface area contributed by atoms with Crippen LogP contribution in [0.15, 0.2) is 29.2 Å². The topological polar surface area (TPSA) is 72.9 Å². The summed E-state index contributed by atoms with van der Waals surface area (Å²) < 4.78 is 1.63. The summed E-state index contributed by atoms with van der Waals surface area (Å²) >= 11 is 1.60. The van der Waals surface area contributed by atoms with E-state index in [9.17, 15) is 4.79 Å². The minimum absolute atomic E-state index is 0.191. The van der Waals surface area contributed by atoms with E-state index in [0.717, 1.165) is 11.1 Å². The van der Waals surface area contributed by atoms with Crippen molar-refractivity contribution >= 4 is 17.2 Å². The average molecular weight is 250 g/mol. The minimum atomic E-state index is -0.665. The highest BCUT2D eigenvalue weighted by atomic mass is 32.1. The van der Waals surface area contributed by atoms with Gasteiger partial charge in [0.1, 0.15) is 6.04 Å². The molecule has 0 aliphatic carbocycles. The van der Waals surface area contributed by atoms with E-state index in [4.69, 9.17) is 5.73 Å². The van der Waals surface area contributed by atoms with Gasteiger partial charge in [-0.2, -0.15) is 16.4 Å². The van der Waals surface area contributed by atoms with Crippen LogP contribution in [-0.2, 0) is 18.4 Å². The van der Waals surface area contributed by atoms with Crippen molar-refractivity contribution in [2.45, 2.75) is 12.6 Å². The Bertz CT molecular complexity index is 491. The molecule has 0 aliphatic heterocycles. The molecule has 0 aliphatic rings. The summed E-state index contributed by atoms with van der Waals surface area (Å²) in [5.41, 5.74) is 7.63. The Labute approximate surface area is 103 Å². The normalized spacial score (nSPS) is 12.4. The summed E-state index contributed by atoms with van der Waals surface area (Å²) in [6.07, 6.45) is 3.35. The van der Waals surface area contributed by atoms with E-state index in [-0.39, 0.29) is 5.91 Å². The van der Waals surface area contributed by atoms with E-state index in [1.807, 2.05) is 16.8 Å². The number of aromatic nitrogens is 2. The summed E-state index contributed by atoms with van der Waals surface area (Å²) in [5, 5.41) is 10.8. The fourth-order valence-corrected chi connectivity index (χ4v) is 2.11. The van der Waals surface area contributed by atoms with Gasteiger partial charge in [0.05, 0.1) is 6.20 Å². The molecule has 90 valence electrons. The molecule has 1 amide bonds. The molecule has 0 saturated carbocycles. The summed E-state index contributed by atoms with van der Waals surface area (Å²) in [4.78, 5) is 11.8. The summed E-state index contributed by atoms with van der Waals surface area (Å²) in [7, 11) is 1.79. The first-order valence-corrected chi connectivity index (χ1v) is 6.14. The van der Waals surface area contributed by atoms with Gasteiger partial charge in [0.15, 0.2) is 0 Å². The van der Waals surface area contributed by atoms with Gasteiger partial charge < -0.3 is 11.1 Å². The van der Waals surface area contributed by atoms with E-state index < -0.39 is 6.04 Å². The SMILES string of the molecule is Cn1cc(C(N)C(=O)NCc2ccsc2)cn1. The molecule has 0 bridgehead atoms. The molecule has 3 N–H and O–H groups in total. The van der Waals surface area contributed by atoms with Gasteiger partial charge in [0.2, 0.25) is 5.91 Å². The molecule has 2 heterocycles. The van der Waals surface area contributed by atoms with Crippen molar-refractivity contribution in [1.29, 1.82) is 0 Å². The van der Waals surface area contributed by atoms with Crippen LogP contribution in [-0.4, -0.2) is 15.7 Å². The van der Waals surface area contributed by atoms with E-state index in [2.05, 4.69) is 10.4 Å². The first kappa shape index (κ1) is 11.8. The predicted octanol–water partition coefficient (Wildman–Crippen LogP) is 0.798. The lowest BCUT2D eigenvalue weighted by Gasteiger charge is -2.09. The molecular formula is C11H14N4OS. The largest absolute Gasteiger partial charge is 0.350 e. The van der Waals surface area contributed by atoms with Crippen LogP contribution in [0.1, 0.15) is 17.2 Å². The molecule has 2 aromatic rings. The van der Waals surface area contributed by atoms with E-state index in [0.29, 0.717) is 6.54 Å². The summed E-state index contributed by atoms with van der Waals surface area (Å²) in [5.74, 6) is -0.191. The molecule has 1 unspecified atom stereocenters. The molecule has 0 spiro atoms. The molecule has 0 radical (unpaired) electrons. The Kier molecular flexibility index (Phi) is 3.55. The van der Waals surface area contributed by atoms with Gasteiger partial charge >= 0.3 is 0 Å². The standard InChI is InChI=1S/C11H14N4OS/c1-15-6-9(5-14-15)10(12)11(16)13-4-8-2-3-17-7-8/h2-3,5-7,10H,4,12H2,1H3,(H,13,16). The number of carbonyl (C=O) groups is 1. The third-order valence-electron chi connectivity index (χ3n) is 2.41. The first-order valence-electron chi connectivity index (χ1n) is 5.19. The second-order valence-corrected chi connectivity index (χ2v) is 4.55. The van der Waals surface area contributed by atoms with Crippen LogP contribution in [0.25, 0.3) is 0 Å². The lowest BCUT2D eigenvalue weighted by atomic mass is 10.1. The average Bonchev–Trinajstić information content (AvgIpc) is 2.95. The maximum Gasteiger partial charge on any atom is 0.241 e. The molecule has 2 aromatic heterocycles. The van der Waals surface area contributed by atoms with Crippen LogP contribution in [0.5, 0.6) is 0 Å². The smallest absolute Gasteiger partial charge is 0.241 e. The van der Waals surface area contributed by atoms with Crippen LogP contribution in [0.4, 0.5) is 0 Å². The zero-order valence-corrected chi connectivity index (χ0v) is 10.3. The van der Waals surface area contributed by atoms with Crippen LogP contribution in [0.2, 0.25) is 0 Å². The van der Waals surface area contributed by atoms with Crippen molar-refractivity contribution in [2.75, 3.05) is 0 Å². The molecule has 0 aromatic carbocycles. The zero-order chi connectivity index (χ0) is 12.3. The van der Waals surface area contributed by atoms with Gasteiger partial charge in [-0.15, -0.1) is 0 Å². The Morgan fingerprint density at radius 1 is 1.71 bits per heavy atom. The second-order valence-electron chi connectivity index (χ2n) is 3.77. The Balaban J connectivity index is 1.91. The van der Waals surface area contributed by atoms with Crippen molar-refractivity contribution in [3.05, 3.63) is 40.3 Å². The number of nitrogens with one attached hydrogen (secondary N) is 1. The van der Waals surface area contributed by atoms with Crippen LogP contribution in [0.3, 0.4) is 0 Å². The van der Waals surface area contributed by atoms with Gasteiger partial charge in [0.25, 0.3) is 0 Å². The Morgan fingerprint density at radius 2 is 2.53 bits per heavy atom. The summed E-state index contributed by atoms with van der Waals surface area (Å²) in [6.45, 7) is 0.510. The van der Waals surface area contributed by atoms with Gasteiger partial charge in [0, 0.05) is 25.4 Å². The van der Waals surface area contributed by atoms with Gasteiger partial charge in [-0.05, 0) is 22.4 Å². The Hall–Kier alpha value is -1.66. The molecule has 0 fully saturated rings. The fourth-order valence-electron chi connectivity index (χ4n) is 1.44. The number of carbonyl (C=O) groups excluding carboxylic acids is 1. The highest BCUT2D eigenvalue weighted by molar-refractivity contribution is 7.07. The number of aryl methyl sites for hydroxylation is 1. The van der Waals surface area contributed by atoms with E-state index in [1.54, 1.807) is 35.5 Å². The molecule has 2 rings (SSSR count). The number of hydrogen-bond donors (Lipinski definition) is 2. The highest BCUT2D eigenvalue weighted by Crippen LogP contribution is 2.09. The van der Waals surface area contributed by atoms with Crippen molar-refractivity contribution in [1.82, 2.24) is 15.1 Å². The summed E-state index contributed by atoms with van der Waals surface area (Å²) in [6, 6.07) is 1.31. The molecule has 6 heteroatoms. The number of nitrogens with two attached hydrogens (primary N) is 1. The quantitative estimate of drug-likeness (QED) is 0.843. The number of thiophene rings is 1. The van der Waals surface area contributed by atoms with Gasteiger partial charge in [-0.25, -0.2) is 0 Å². The highest BCUT2D eigenvalue weighted by Gasteiger charge is 2.16. The number of rotatable bonds is 4. The lowest BCUT2D eigenvalue weighted by Crippen LogP contribution is -2.33. The monoisotopic (exact) mass is 250 g/mol. The number of hydrogen-bond acceptors (Lipinski definition) is 4. The van der Waals surface area contributed by atoms with Crippen molar-refractivity contribution < 1.29 is 4.79 Å². The first-order chi connectivity index (χ1) is 8.16. The minimum Gasteiger partial charge on any atom is -0.350 e. The number of nitrogens with zero attached hydrogens (tertiary/aromatic N) is 2. The van der Waals surface area contributed by atoms with Gasteiger partial charge in [-0.1, -0.05) is 0 Å². The van der Waals surface area contributed by atoms with Crippen LogP contribution < -0.4 is 11.1 Å². The fraction of sp³-hybridized carbons (Fsp3) is 0.273. The van der Waals surface area contributed by atoms with E-state index >= 15 is 0 Å². The molecule has 17 heavy (non-hydrogen) atoms. The second kappa shape index (κ2) is 5.11. The third-order valence-corrected chi connectivity index (χ3v) is 3.15. The lowest BCUT2D eigenvalue weighted by molar-refractivity contribution is -0.122. The maximum atomic E-state index is 11.8. The van der Waals surface area contributed by atoms with Crippen LogP contribution in [0, 0.1) is 0 Å². The maximum absolute atomic E-state index is 11.8. The van der Waals surface area contributed by atoms with E-state index in [1.165, 1.54) is 0 Å². The van der Waals surface area contributed by atoms with Crippen molar-refractivity contribution in [2.24, 2.45) is 12.8 Å². The molecule has 1 atom stereocenters. The molecular weight excluding hydrogens is 236 g/mol. The van der Waals surface area contributed by atoms with Crippen molar-refractivity contribution in [3.63, 3.8) is 0 Å². The predicted molar refractivity (Wildman–Crippen MR) is 66.3 cm³/mol. The van der Waals surface area contributed by atoms with Gasteiger partial charge in [-0.3, -0.25) is 9.48 Å². The zero-order valence-electron chi connectivity index (χ0n) is 9.46. The molecule has 0 saturated heterocycles. The third kappa shape index (κ3) is 2.92. The van der Waals surface area contributed by atoms with Crippen LogP contribution >= 0.6 is 11.3 Å².